The third-order valence-corrected chi connectivity index (χ3v) is 4.25. The monoisotopic (exact) mass is 280 g/mol. The van der Waals surface area contributed by atoms with Gasteiger partial charge in [0.1, 0.15) is 0 Å². The fourth-order valence-corrected chi connectivity index (χ4v) is 3.05. The molecule has 0 spiro atoms. The van der Waals surface area contributed by atoms with Crippen LogP contribution < -0.4 is 5.73 Å². The predicted octanol–water partition coefficient (Wildman–Crippen LogP) is 3.55. The van der Waals surface area contributed by atoms with Crippen LogP contribution in [0, 0.1) is 6.92 Å². The first kappa shape index (κ1) is 13.7. The Morgan fingerprint density at radius 3 is 2.67 bits per heavy atom. The van der Waals surface area contributed by atoms with Crippen LogP contribution in [0.2, 0.25) is 0 Å². The van der Waals surface area contributed by atoms with Gasteiger partial charge in [-0.25, -0.2) is 0 Å². The lowest BCUT2D eigenvalue weighted by Gasteiger charge is -2.26. The Labute approximate surface area is 125 Å². The number of amides is 1. The molecular formula is C18H20N2O. The molecule has 1 aliphatic rings. The van der Waals surface area contributed by atoms with Gasteiger partial charge in [-0.05, 0) is 37.0 Å². The number of aryl methyl sites for hydroxylation is 1. The number of nitrogens with two attached hydrogens (primary N) is 1. The normalized spacial score (nSPS) is 18.0. The molecule has 0 bridgehead atoms. The second-order valence-electron chi connectivity index (χ2n) is 5.60. The van der Waals surface area contributed by atoms with Crippen LogP contribution in [0.5, 0.6) is 0 Å². The second-order valence-corrected chi connectivity index (χ2v) is 5.60. The van der Waals surface area contributed by atoms with E-state index in [2.05, 4.69) is 12.1 Å². The summed E-state index contributed by atoms with van der Waals surface area (Å²) in [4.78, 5) is 14.8. The Morgan fingerprint density at radius 1 is 1.14 bits per heavy atom. The molecule has 3 heteroatoms. The highest BCUT2D eigenvalue weighted by Gasteiger charge is 2.31. The molecule has 21 heavy (non-hydrogen) atoms. The Hall–Kier alpha value is -2.29. The molecule has 0 radical (unpaired) electrons. The van der Waals surface area contributed by atoms with Gasteiger partial charge in [0.25, 0.3) is 5.91 Å². The van der Waals surface area contributed by atoms with Crippen molar-refractivity contribution in [1.82, 2.24) is 4.90 Å². The number of para-hydroxylation sites is 1. The van der Waals surface area contributed by atoms with E-state index in [0.717, 1.165) is 24.9 Å². The highest BCUT2D eigenvalue weighted by molar-refractivity contribution is 6.00. The summed E-state index contributed by atoms with van der Waals surface area (Å²) in [5.41, 5.74) is 9.47. The summed E-state index contributed by atoms with van der Waals surface area (Å²) >= 11 is 0. The number of anilines is 1. The molecule has 1 fully saturated rings. The molecule has 2 N–H and O–H groups in total. The van der Waals surface area contributed by atoms with E-state index in [-0.39, 0.29) is 11.9 Å². The van der Waals surface area contributed by atoms with Crippen molar-refractivity contribution in [3.8, 4) is 0 Å². The molecule has 2 aromatic rings. The molecule has 1 aliphatic heterocycles. The number of carbonyl (C=O) groups is 1. The van der Waals surface area contributed by atoms with Crippen LogP contribution in [0.1, 0.15) is 40.4 Å². The van der Waals surface area contributed by atoms with Crippen LogP contribution in [0.25, 0.3) is 0 Å². The van der Waals surface area contributed by atoms with Crippen molar-refractivity contribution in [3.05, 3.63) is 65.2 Å². The number of benzene rings is 2. The van der Waals surface area contributed by atoms with Crippen LogP contribution in [0.4, 0.5) is 5.69 Å². The van der Waals surface area contributed by atoms with E-state index in [1.54, 1.807) is 0 Å². The van der Waals surface area contributed by atoms with Crippen LogP contribution in [0.3, 0.4) is 0 Å². The first-order valence-electron chi connectivity index (χ1n) is 7.39. The van der Waals surface area contributed by atoms with Crippen molar-refractivity contribution in [2.75, 3.05) is 12.3 Å². The Balaban J connectivity index is 1.92. The number of rotatable bonds is 2. The molecule has 1 saturated heterocycles. The van der Waals surface area contributed by atoms with Crippen molar-refractivity contribution < 1.29 is 4.79 Å². The van der Waals surface area contributed by atoms with Crippen LogP contribution in [-0.4, -0.2) is 17.4 Å². The lowest BCUT2D eigenvalue weighted by Crippen LogP contribution is -2.31. The fraction of sp³-hybridized carbons (Fsp3) is 0.278. The van der Waals surface area contributed by atoms with Gasteiger partial charge in [0.15, 0.2) is 0 Å². The molecule has 0 aromatic heterocycles. The van der Waals surface area contributed by atoms with Gasteiger partial charge in [-0.1, -0.05) is 42.5 Å². The summed E-state index contributed by atoms with van der Waals surface area (Å²) in [5, 5.41) is 0. The summed E-state index contributed by atoms with van der Waals surface area (Å²) in [5.74, 6) is 0.0440. The molecule has 0 saturated carbocycles. The summed E-state index contributed by atoms with van der Waals surface area (Å²) < 4.78 is 0. The summed E-state index contributed by atoms with van der Waals surface area (Å²) in [6.45, 7) is 2.73. The van der Waals surface area contributed by atoms with Gasteiger partial charge in [-0.15, -0.1) is 0 Å². The highest BCUT2D eigenvalue weighted by Crippen LogP contribution is 2.34. The number of carbonyl (C=O) groups excluding carboxylic acids is 1. The Kier molecular flexibility index (Phi) is 3.65. The van der Waals surface area contributed by atoms with E-state index in [0.29, 0.717) is 11.3 Å². The molecule has 108 valence electrons. The number of hydrogen-bond acceptors (Lipinski definition) is 2. The predicted molar refractivity (Wildman–Crippen MR) is 85.0 cm³/mol. The maximum absolute atomic E-state index is 12.8. The summed E-state index contributed by atoms with van der Waals surface area (Å²) in [7, 11) is 0. The molecule has 1 heterocycles. The Bertz CT molecular complexity index is 652. The third-order valence-electron chi connectivity index (χ3n) is 4.25. The van der Waals surface area contributed by atoms with Gasteiger partial charge in [-0.3, -0.25) is 4.79 Å². The molecule has 3 nitrogen and oxygen atoms in total. The topological polar surface area (TPSA) is 46.3 Å². The second kappa shape index (κ2) is 5.60. The molecule has 1 unspecified atom stereocenters. The number of nitrogen functional groups attached to an aromatic ring is 1. The van der Waals surface area contributed by atoms with E-state index >= 15 is 0 Å². The zero-order valence-electron chi connectivity index (χ0n) is 12.3. The van der Waals surface area contributed by atoms with Crippen molar-refractivity contribution in [2.45, 2.75) is 25.8 Å². The number of likely N-dealkylation sites (tertiary alicyclic amines) is 1. The van der Waals surface area contributed by atoms with Crippen molar-refractivity contribution >= 4 is 11.6 Å². The molecule has 3 rings (SSSR count). The van der Waals surface area contributed by atoms with Gasteiger partial charge in [0.2, 0.25) is 0 Å². The van der Waals surface area contributed by atoms with E-state index in [4.69, 9.17) is 5.73 Å². The number of nitrogens with zero attached hydrogens (tertiary/aromatic N) is 1. The van der Waals surface area contributed by atoms with E-state index < -0.39 is 0 Å². The van der Waals surface area contributed by atoms with Gasteiger partial charge < -0.3 is 10.6 Å². The first-order chi connectivity index (χ1) is 10.2. The van der Waals surface area contributed by atoms with Crippen LogP contribution >= 0.6 is 0 Å². The van der Waals surface area contributed by atoms with Gasteiger partial charge in [-0.2, -0.15) is 0 Å². The quantitative estimate of drug-likeness (QED) is 0.855. The SMILES string of the molecule is Cc1cccc(C(=O)N2CCCC2c2ccccc2)c1N. The van der Waals surface area contributed by atoms with Crippen molar-refractivity contribution in [3.63, 3.8) is 0 Å². The van der Waals surface area contributed by atoms with E-state index in [1.165, 1.54) is 5.56 Å². The van der Waals surface area contributed by atoms with Crippen molar-refractivity contribution in [1.29, 1.82) is 0 Å². The average Bonchev–Trinajstić information content (AvgIpc) is 3.00. The average molecular weight is 280 g/mol. The minimum Gasteiger partial charge on any atom is -0.398 e. The van der Waals surface area contributed by atoms with E-state index in [1.807, 2.05) is 48.2 Å². The largest absolute Gasteiger partial charge is 0.398 e. The zero-order valence-corrected chi connectivity index (χ0v) is 12.3. The minimum absolute atomic E-state index is 0.0440. The van der Waals surface area contributed by atoms with Crippen LogP contribution in [0.15, 0.2) is 48.5 Å². The number of hydrogen-bond donors (Lipinski definition) is 1. The zero-order chi connectivity index (χ0) is 14.8. The summed E-state index contributed by atoms with van der Waals surface area (Å²) in [6.07, 6.45) is 2.05. The molecule has 0 aliphatic carbocycles. The Morgan fingerprint density at radius 2 is 1.90 bits per heavy atom. The van der Waals surface area contributed by atoms with Crippen molar-refractivity contribution in [2.24, 2.45) is 0 Å². The molecular weight excluding hydrogens is 260 g/mol. The van der Waals surface area contributed by atoms with Gasteiger partial charge in [0, 0.05) is 12.2 Å². The van der Waals surface area contributed by atoms with Gasteiger partial charge >= 0.3 is 0 Å². The van der Waals surface area contributed by atoms with E-state index in [9.17, 15) is 4.79 Å². The maximum atomic E-state index is 12.8. The maximum Gasteiger partial charge on any atom is 0.256 e. The molecule has 1 amide bonds. The third kappa shape index (κ3) is 2.51. The van der Waals surface area contributed by atoms with Crippen LogP contribution in [-0.2, 0) is 0 Å². The smallest absolute Gasteiger partial charge is 0.256 e. The molecule has 1 atom stereocenters. The molecule has 2 aromatic carbocycles. The first-order valence-corrected chi connectivity index (χ1v) is 7.39. The fourth-order valence-electron chi connectivity index (χ4n) is 3.05. The standard InChI is InChI=1S/C18H20N2O/c1-13-7-5-10-15(17(13)19)18(21)20-12-6-11-16(20)14-8-3-2-4-9-14/h2-5,7-10,16H,6,11-12,19H2,1H3. The minimum atomic E-state index is 0.0440. The lowest BCUT2D eigenvalue weighted by molar-refractivity contribution is 0.0736. The lowest BCUT2D eigenvalue weighted by atomic mass is 10.0. The highest BCUT2D eigenvalue weighted by atomic mass is 16.2. The summed E-state index contributed by atoms with van der Waals surface area (Å²) in [6, 6.07) is 16.1. The van der Waals surface area contributed by atoms with Gasteiger partial charge in [0.05, 0.1) is 11.6 Å².